The Morgan fingerprint density at radius 2 is 1.84 bits per heavy atom. The number of carbonyl (C=O) groups excluding carboxylic acids is 1. The molecule has 1 amide bonds. The summed E-state index contributed by atoms with van der Waals surface area (Å²) in [4.78, 5) is 11.1. The van der Waals surface area contributed by atoms with Gasteiger partial charge in [-0.25, -0.2) is 0 Å². The molecule has 1 aliphatic heterocycles. The van der Waals surface area contributed by atoms with E-state index in [1.165, 1.54) is 0 Å². The summed E-state index contributed by atoms with van der Waals surface area (Å²) in [6.45, 7) is 0.750. The van der Waals surface area contributed by atoms with E-state index in [4.69, 9.17) is 0 Å². The van der Waals surface area contributed by atoms with E-state index in [0.29, 0.717) is 25.1 Å². The highest BCUT2D eigenvalue weighted by atomic mass is 19.4. The molecular weight excluding hydrogens is 278 g/mol. The second kappa shape index (κ2) is 5.81. The van der Waals surface area contributed by atoms with Crippen LogP contribution in [0.4, 0.5) is 26.3 Å². The van der Waals surface area contributed by atoms with Gasteiger partial charge in [-0.05, 0) is 13.0 Å². The number of hydrogen-bond acceptors (Lipinski definition) is 2. The number of halogens is 6. The lowest BCUT2D eigenvalue weighted by Crippen LogP contribution is -2.48. The second-order valence-corrected chi connectivity index (χ2v) is 4.05. The van der Waals surface area contributed by atoms with Gasteiger partial charge in [0.05, 0.1) is 0 Å². The Labute approximate surface area is 105 Å². The van der Waals surface area contributed by atoms with Gasteiger partial charge in [-0.15, -0.1) is 0 Å². The molecule has 0 bridgehead atoms. The molecule has 0 unspecified atom stereocenters. The van der Waals surface area contributed by atoms with Gasteiger partial charge in [-0.2, -0.15) is 26.3 Å². The predicted molar refractivity (Wildman–Crippen MR) is 54.2 cm³/mol. The molecule has 2 N–H and O–H groups in total. The molecule has 0 atom stereocenters. The van der Waals surface area contributed by atoms with Crippen LogP contribution in [0.15, 0.2) is 11.6 Å². The third kappa shape index (κ3) is 4.73. The molecular formula is C10H12F6N2O. The minimum Gasteiger partial charge on any atom is -0.352 e. The van der Waals surface area contributed by atoms with Gasteiger partial charge >= 0.3 is 12.4 Å². The predicted octanol–water partition coefficient (Wildman–Crippen LogP) is 1.76. The van der Waals surface area contributed by atoms with Crippen molar-refractivity contribution < 1.29 is 31.1 Å². The zero-order valence-corrected chi connectivity index (χ0v) is 9.66. The van der Waals surface area contributed by atoms with Crippen molar-refractivity contribution in [1.29, 1.82) is 0 Å². The van der Waals surface area contributed by atoms with E-state index in [2.05, 4.69) is 5.32 Å². The van der Waals surface area contributed by atoms with Gasteiger partial charge in [0, 0.05) is 13.1 Å². The van der Waals surface area contributed by atoms with E-state index >= 15 is 0 Å². The first-order valence-electron chi connectivity index (χ1n) is 5.42. The Hall–Kier alpha value is -1.25. The number of hydrogen-bond donors (Lipinski definition) is 2. The van der Waals surface area contributed by atoms with Crippen LogP contribution in [0, 0.1) is 5.92 Å². The van der Waals surface area contributed by atoms with Crippen LogP contribution >= 0.6 is 0 Å². The monoisotopic (exact) mass is 290 g/mol. The quantitative estimate of drug-likeness (QED) is 0.614. The number of amides is 1. The van der Waals surface area contributed by atoms with Crippen LogP contribution in [-0.4, -0.2) is 37.9 Å². The van der Waals surface area contributed by atoms with Crippen LogP contribution in [0.25, 0.3) is 0 Å². The van der Waals surface area contributed by atoms with E-state index < -0.39 is 24.2 Å². The van der Waals surface area contributed by atoms with Crippen molar-refractivity contribution in [1.82, 2.24) is 10.6 Å². The van der Waals surface area contributed by atoms with Gasteiger partial charge in [0.1, 0.15) is 0 Å². The Kier molecular flexibility index (Phi) is 4.83. The van der Waals surface area contributed by atoms with Crippen LogP contribution in [0.3, 0.4) is 0 Å². The molecule has 0 spiro atoms. The summed E-state index contributed by atoms with van der Waals surface area (Å²) >= 11 is 0. The zero-order chi connectivity index (χ0) is 14.7. The molecule has 19 heavy (non-hydrogen) atoms. The molecule has 0 aromatic rings. The van der Waals surface area contributed by atoms with E-state index in [9.17, 15) is 31.1 Å². The zero-order valence-electron chi connectivity index (χ0n) is 9.66. The summed E-state index contributed by atoms with van der Waals surface area (Å²) in [7, 11) is 0. The maximum Gasteiger partial charge on any atom is 0.409 e. The number of nitrogens with one attached hydrogen (secondary N) is 2. The maximum absolute atomic E-state index is 12.2. The topological polar surface area (TPSA) is 41.1 Å². The summed E-state index contributed by atoms with van der Waals surface area (Å²) in [6, 6.07) is 0. The fourth-order valence-electron chi connectivity index (χ4n) is 1.62. The molecule has 0 fully saturated rings. The first-order valence-corrected chi connectivity index (χ1v) is 5.42. The molecule has 9 heteroatoms. The first kappa shape index (κ1) is 15.8. The summed E-state index contributed by atoms with van der Waals surface area (Å²) in [6.07, 6.45) is -9.20. The molecule has 0 saturated carbocycles. The van der Waals surface area contributed by atoms with E-state index in [1.54, 1.807) is 11.4 Å². The van der Waals surface area contributed by atoms with Crippen LogP contribution < -0.4 is 10.6 Å². The lowest BCUT2D eigenvalue weighted by atomic mass is 10.1. The second-order valence-electron chi connectivity index (χ2n) is 4.05. The number of alkyl halides is 6. The van der Waals surface area contributed by atoms with Crippen LogP contribution in [0.5, 0.6) is 0 Å². The maximum atomic E-state index is 12.2. The molecule has 0 radical (unpaired) electrons. The summed E-state index contributed by atoms with van der Waals surface area (Å²) in [5.74, 6) is -6.05. The van der Waals surface area contributed by atoms with Crippen LogP contribution in [-0.2, 0) is 4.79 Å². The first-order chi connectivity index (χ1) is 8.62. The molecule has 1 rings (SSSR count). The SMILES string of the molecule is O=C(NCC1=CCNCC1)C(C(F)(F)F)C(F)(F)F. The normalized spacial score (nSPS) is 17.3. The highest BCUT2D eigenvalue weighted by Crippen LogP contribution is 2.39. The highest BCUT2D eigenvalue weighted by molar-refractivity contribution is 5.80. The molecule has 3 nitrogen and oxygen atoms in total. The third-order valence-electron chi connectivity index (χ3n) is 2.56. The van der Waals surface area contributed by atoms with E-state index in [0.717, 1.165) is 0 Å². The van der Waals surface area contributed by atoms with Crippen molar-refractivity contribution in [2.24, 2.45) is 5.92 Å². The number of carbonyl (C=O) groups is 1. The Morgan fingerprint density at radius 1 is 1.26 bits per heavy atom. The molecule has 0 aliphatic carbocycles. The van der Waals surface area contributed by atoms with Gasteiger partial charge in [0.15, 0.2) is 0 Å². The van der Waals surface area contributed by atoms with Crippen molar-refractivity contribution in [2.75, 3.05) is 19.6 Å². The van der Waals surface area contributed by atoms with Gasteiger partial charge in [-0.1, -0.05) is 11.6 Å². The highest BCUT2D eigenvalue weighted by Gasteiger charge is 2.61. The van der Waals surface area contributed by atoms with Crippen LogP contribution in [0.2, 0.25) is 0 Å². The van der Waals surface area contributed by atoms with Crippen molar-refractivity contribution in [3.8, 4) is 0 Å². The van der Waals surface area contributed by atoms with Gasteiger partial charge < -0.3 is 10.6 Å². The van der Waals surface area contributed by atoms with Crippen molar-refractivity contribution >= 4 is 5.91 Å². The molecule has 0 saturated heterocycles. The fraction of sp³-hybridized carbons (Fsp3) is 0.700. The molecule has 1 heterocycles. The smallest absolute Gasteiger partial charge is 0.352 e. The summed E-state index contributed by atoms with van der Waals surface area (Å²) in [5, 5.41) is 4.62. The fourth-order valence-corrected chi connectivity index (χ4v) is 1.62. The Balaban J connectivity index is 2.65. The molecule has 0 aromatic carbocycles. The third-order valence-corrected chi connectivity index (χ3v) is 2.56. The van der Waals surface area contributed by atoms with Crippen molar-refractivity contribution in [3.05, 3.63) is 11.6 Å². The minimum absolute atomic E-state index is 0.302. The standard InChI is InChI=1S/C10H12F6N2O/c11-9(12,13)7(10(14,15)16)8(19)18-5-6-1-3-17-4-2-6/h1,7,17H,2-5H2,(H,18,19). The Morgan fingerprint density at radius 3 is 2.26 bits per heavy atom. The average molecular weight is 290 g/mol. The largest absolute Gasteiger partial charge is 0.409 e. The van der Waals surface area contributed by atoms with E-state index in [1.807, 2.05) is 0 Å². The average Bonchev–Trinajstić information content (AvgIpc) is 2.24. The summed E-state index contributed by atoms with van der Waals surface area (Å²) in [5.41, 5.74) is 0.607. The van der Waals surface area contributed by atoms with Gasteiger partial charge in [0.2, 0.25) is 11.8 Å². The molecule has 0 aromatic heterocycles. The molecule has 110 valence electrons. The minimum atomic E-state index is -5.65. The Bertz CT molecular complexity index is 346. The number of rotatable bonds is 3. The summed E-state index contributed by atoms with van der Waals surface area (Å²) < 4.78 is 73.4. The van der Waals surface area contributed by atoms with Crippen molar-refractivity contribution in [2.45, 2.75) is 18.8 Å². The van der Waals surface area contributed by atoms with Crippen molar-refractivity contribution in [3.63, 3.8) is 0 Å². The van der Waals surface area contributed by atoms with Gasteiger partial charge in [-0.3, -0.25) is 4.79 Å². The lowest BCUT2D eigenvalue weighted by Gasteiger charge is -2.23. The van der Waals surface area contributed by atoms with E-state index in [-0.39, 0.29) is 6.54 Å². The molecule has 1 aliphatic rings. The van der Waals surface area contributed by atoms with Crippen LogP contribution in [0.1, 0.15) is 6.42 Å². The van der Waals surface area contributed by atoms with Gasteiger partial charge in [0.25, 0.3) is 0 Å². The lowest BCUT2D eigenvalue weighted by molar-refractivity contribution is -0.274.